The van der Waals surface area contributed by atoms with Crippen LogP contribution in [0.2, 0.25) is 0 Å². The lowest BCUT2D eigenvalue weighted by atomic mass is 10.1. The summed E-state index contributed by atoms with van der Waals surface area (Å²) < 4.78 is 7.14. The number of carbonyl (C=O) groups excluding carboxylic acids is 1. The van der Waals surface area contributed by atoms with Crippen molar-refractivity contribution in [1.29, 1.82) is 0 Å². The second kappa shape index (κ2) is 6.31. The lowest BCUT2D eigenvalue weighted by Crippen LogP contribution is -2.10. The van der Waals surface area contributed by atoms with Crippen LogP contribution in [0.25, 0.3) is 5.65 Å². The summed E-state index contributed by atoms with van der Waals surface area (Å²) in [6.07, 6.45) is 0.988. The van der Waals surface area contributed by atoms with Gasteiger partial charge in [-0.2, -0.15) is 0 Å². The number of esters is 1. The van der Waals surface area contributed by atoms with Crippen molar-refractivity contribution in [2.24, 2.45) is 0 Å². The number of pyridine rings is 1. The number of aryl methyl sites for hydroxylation is 2. The van der Waals surface area contributed by atoms with Gasteiger partial charge in [-0.3, -0.25) is 14.5 Å². The molecular weight excluding hydrogens is 324 g/mol. The number of nitro benzene ring substituents is 1. The molecule has 0 N–H and O–H groups in total. The lowest BCUT2D eigenvalue weighted by molar-refractivity contribution is -0.385. The maximum atomic E-state index is 12.4. The van der Waals surface area contributed by atoms with Crippen LogP contribution in [0.4, 0.5) is 5.69 Å². The molecule has 0 saturated heterocycles. The Kier molecular flexibility index (Phi) is 4.18. The highest BCUT2D eigenvalue weighted by molar-refractivity contribution is 5.89. The first-order valence-electron chi connectivity index (χ1n) is 7.64. The van der Waals surface area contributed by atoms with Gasteiger partial charge in [0.05, 0.1) is 10.5 Å². The van der Waals surface area contributed by atoms with Crippen LogP contribution in [0.15, 0.2) is 36.5 Å². The molecule has 2 heterocycles. The standard InChI is InChI=1S/C17H16N4O4/c1-10-4-5-13(8-15(10)21(23)24)11(2)25-17(22)14-6-7-16-19-18-12(3)20(16)9-14/h4-9,11H,1-3H3. The van der Waals surface area contributed by atoms with Crippen molar-refractivity contribution in [2.75, 3.05) is 0 Å². The number of fused-ring (bicyclic) bond motifs is 1. The molecule has 0 aliphatic heterocycles. The highest BCUT2D eigenvalue weighted by atomic mass is 16.6. The Balaban J connectivity index is 1.83. The minimum Gasteiger partial charge on any atom is -0.454 e. The van der Waals surface area contributed by atoms with Crippen molar-refractivity contribution in [1.82, 2.24) is 14.6 Å². The van der Waals surface area contributed by atoms with E-state index in [1.54, 1.807) is 55.6 Å². The monoisotopic (exact) mass is 340 g/mol. The second-order valence-corrected chi connectivity index (χ2v) is 5.74. The molecule has 0 amide bonds. The Morgan fingerprint density at radius 3 is 2.72 bits per heavy atom. The van der Waals surface area contributed by atoms with Crippen molar-refractivity contribution < 1.29 is 14.5 Å². The van der Waals surface area contributed by atoms with Crippen LogP contribution in [-0.2, 0) is 4.74 Å². The van der Waals surface area contributed by atoms with Gasteiger partial charge in [-0.05, 0) is 38.5 Å². The van der Waals surface area contributed by atoms with Gasteiger partial charge in [0.15, 0.2) is 5.65 Å². The number of carbonyl (C=O) groups is 1. The molecule has 1 aromatic carbocycles. The number of rotatable bonds is 4. The highest BCUT2D eigenvalue weighted by Crippen LogP contribution is 2.25. The molecule has 3 aromatic rings. The Morgan fingerprint density at radius 1 is 1.24 bits per heavy atom. The van der Waals surface area contributed by atoms with Crippen molar-refractivity contribution in [3.8, 4) is 0 Å². The van der Waals surface area contributed by atoms with Gasteiger partial charge < -0.3 is 4.74 Å². The first-order valence-corrected chi connectivity index (χ1v) is 7.64. The van der Waals surface area contributed by atoms with Gasteiger partial charge >= 0.3 is 5.97 Å². The zero-order chi connectivity index (χ0) is 18.1. The van der Waals surface area contributed by atoms with Crippen LogP contribution in [0.5, 0.6) is 0 Å². The first kappa shape index (κ1) is 16.6. The zero-order valence-electron chi connectivity index (χ0n) is 14.0. The average Bonchev–Trinajstić information content (AvgIpc) is 2.95. The van der Waals surface area contributed by atoms with E-state index in [0.717, 1.165) is 0 Å². The molecule has 3 rings (SSSR count). The van der Waals surface area contributed by atoms with Crippen LogP contribution >= 0.6 is 0 Å². The Hall–Kier alpha value is -3.29. The summed E-state index contributed by atoms with van der Waals surface area (Å²) in [6, 6.07) is 8.08. The van der Waals surface area contributed by atoms with Gasteiger partial charge in [-0.1, -0.05) is 12.1 Å². The van der Waals surface area contributed by atoms with E-state index in [-0.39, 0.29) is 5.69 Å². The minimum atomic E-state index is -0.621. The largest absolute Gasteiger partial charge is 0.454 e. The summed E-state index contributed by atoms with van der Waals surface area (Å²) in [4.78, 5) is 23.0. The molecule has 8 heteroatoms. The fourth-order valence-electron chi connectivity index (χ4n) is 2.50. The van der Waals surface area contributed by atoms with Gasteiger partial charge in [0.1, 0.15) is 11.9 Å². The van der Waals surface area contributed by atoms with Gasteiger partial charge in [-0.25, -0.2) is 4.79 Å². The van der Waals surface area contributed by atoms with Crippen molar-refractivity contribution in [2.45, 2.75) is 26.9 Å². The third-order valence-corrected chi connectivity index (χ3v) is 3.99. The van der Waals surface area contributed by atoms with Crippen LogP contribution in [-0.4, -0.2) is 25.5 Å². The summed E-state index contributed by atoms with van der Waals surface area (Å²) in [5.41, 5.74) is 2.11. The van der Waals surface area contributed by atoms with E-state index in [1.807, 2.05) is 0 Å². The molecule has 8 nitrogen and oxygen atoms in total. The molecule has 0 radical (unpaired) electrons. The Bertz CT molecular complexity index is 980. The maximum Gasteiger partial charge on any atom is 0.340 e. The van der Waals surface area contributed by atoms with Crippen molar-refractivity contribution in [3.05, 3.63) is 69.2 Å². The fourth-order valence-corrected chi connectivity index (χ4v) is 2.50. The van der Waals surface area contributed by atoms with Gasteiger partial charge in [0, 0.05) is 17.8 Å². The predicted octanol–water partition coefficient (Wildman–Crippen LogP) is 3.17. The normalized spacial score (nSPS) is 12.1. The molecule has 0 spiro atoms. The summed E-state index contributed by atoms with van der Waals surface area (Å²) in [7, 11) is 0. The van der Waals surface area contributed by atoms with Crippen LogP contribution in [0.1, 0.15) is 40.3 Å². The maximum absolute atomic E-state index is 12.4. The van der Waals surface area contributed by atoms with Gasteiger partial charge in [0.2, 0.25) is 0 Å². The van der Waals surface area contributed by atoms with E-state index in [9.17, 15) is 14.9 Å². The number of benzene rings is 1. The number of hydrogen-bond acceptors (Lipinski definition) is 6. The third-order valence-electron chi connectivity index (χ3n) is 3.99. The quantitative estimate of drug-likeness (QED) is 0.411. The predicted molar refractivity (Wildman–Crippen MR) is 89.4 cm³/mol. The summed E-state index contributed by atoms with van der Waals surface area (Å²) in [5.74, 6) is 0.137. The number of ether oxygens (including phenoxy) is 1. The molecule has 0 fully saturated rings. The fraction of sp³-hybridized carbons (Fsp3) is 0.235. The highest BCUT2D eigenvalue weighted by Gasteiger charge is 2.18. The number of aromatic nitrogens is 3. The Morgan fingerprint density at radius 2 is 2.00 bits per heavy atom. The molecule has 0 aliphatic carbocycles. The van der Waals surface area contributed by atoms with Gasteiger partial charge in [-0.15, -0.1) is 10.2 Å². The SMILES string of the molecule is Cc1ccc(C(C)OC(=O)c2ccc3nnc(C)n3c2)cc1[N+](=O)[O-]. The third kappa shape index (κ3) is 3.18. The van der Waals surface area contributed by atoms with Gasteiger partial charge in [0.25, 0.3) is 5.69 Å². The lowest BCUT2D eigenvalue weighted by Gasteiger charge is -2.14. The molecular formula is C17H16N4O4. The number of nitro groups is 1. The number of nitrogens with zero attached hydrogens (tertiary/aromatic N) is 4. The smallest absolute Gasteiger partial charge is 0.340 e. The zero-order valence-corrected chi connectivity index (χ0v) is 14.0. The van der Waals surface area contributed by atoms with Crippen LogP contribution in [0.3, 0.4) is 0 Å². The summed E-state index contributed by atoms with van der Waals surface area (Å²) >= 11 is 0. The first-order chi connectivity index (χ1) is 11.9. The van der Waals surface area contributed by atoms with E-state index in [1.165, 1.54) is 6.07 Å². The van der Waals surface area contributed by atoms with E-state index in [0.29, 0.717) is 28.2 Å². The molecule has 0 saturated carbocycles. The summed E-state index contributed by atoms with van der Waals surface area (Å²) in [6.45, 7) is 5.12. The number of hydrogen-bond donors (Lipinski definition) is 0. The Labute approximate surface area is 143 Å². The molecule has 0 aliphatic rings. The average molecular weight is 340 g/mol. The topological polar surface area (TPSA) is 99.6 Å². The van der Waals surface area contributed by atoms with E-state index in [2.05, 4.69) is 10.2 Å². The molecule has 128 valence electrons. The molecule has 1 atom stereocenters. The van der Waals surface area contributed by atoms with E-state index in [4.69, 9.17) is 4.74 Å². The van der Waals surface area contributed by atoms with E-state index < -0.39 is 17.0 Å². The van der Waals surface area contributed by atoms with E-state index >= 15 is 0 Å². The summed E-state index contributed by atoms with van der Waals surface area (Å²) in [5, 5.41) is 18.9. The van der Waals surface area contributed by atoms with Crippen molar-refractivity contribution in [3.63, 3.8) is 0 Å². The molecule has 1 unspecified atom stereocenters. The molecule has 2 aromatic heterocycles. The minimum absolute atomic E-state index is 0.00179. The van der Waals surface area contributed by atoms with Crippen molar-refractivity contribution >= 4 is 17.3 Å². The van der Waals surface area contributed by atoms with Crippen LogP contribution < -0.4 is 0 Å². The van der Waals surface area contributed by atoms with Crippen LogP contribution in [0, 0.1) is 24.0 Å². The molecule has 25 heavy (non-hydrogen) atoms. The second-order valence-electron chi connectivity index (χ2n) is 5.74. The molecule has 0 bridgehead atoms.